The molecule has 0 saturated heterocycles. The van der Waals surface area contributed by atoms with E-state index in [1.807, 2.05) is 18.2 Å². The number of hydrogen-bond donors (Lipinski definition) is 0. The Morgan fingerprint density at radius 3 is 2.52 bits per heavy atom. The van der Waals surface area contributed by atoms with Gasteiger partial charge in [-0.25, -0.2) is 4.98 Å². The van der Waals surface area contributed by atoms with E-state index in [-0.39, 0.29) is 12.2 Å². The minimum absolute atomic E-state index is 0.136. The average Bonchev–Trinajstić information content (AvgIpc) is 3.10. The van der Waals surface area contributed by atoms with Crippen LogP contribution in [0.1, 0.15) is 48.8 Å². The average molecular weight is 390 g/mol. The first-order chi connectivity index (χ1) is 14.3. The first kappa shape index (κ1) is 18.3. The summed E-state index contributed by atoms with van der Waals surface area (Å²) in [6, 6.07) is 14.4. The number of rotatable bonds is 4. The van der Waals surface area contributed by atoms with Crippen LogP contribution in [0.5, 0.6) is 5.88 Å². The van der Waals surface area contributed by atoms with E-state index in [1.54, 1.807) is 13.3 Å². The number of hydrogen-bond acceptors (Lipinski definition) is 5. The largest absolute Gasteiger partial charge is 0.474 e. The number of ether oxygens (including phenoxy) is 2. The molecule has 150 valence electrons. The Bertz CT molecular complexity index is 964. The number of fused-ring (bicyclic) bond motifs is 3. The van der Waals surface area contributed by atoms with Gasteiger partial charge in [-0.15, -0.1) is 10.2 Å². The molecule has 0 bridgehead atoms. The SMILES string of the molecule is COC1Cc2ccccc2-n2c(nnc2C2CCC(Oc3ccccn3)CC2)C1. The summed E-state index contributed by atoms with van der Waals surface area (Å²) in [5, 5.41) is 9.21. The van der Waals surface area contributed by atoms with Crippen molar-refractivity contribution in [2.24, 2.45) is 0 Å². The number of methoxy groups -OCH3 is 1. The quantitative estimate of drug-likeness (QED) is 0.676. The molecular formula is C23H26N4O2. The summed E-state index contributed by atoms with van der Waals surface area (Å²) in [5.41, 5.74) is 2.50. The van der Waals surface area contributed by atoms with Crippen LogP contribution in [0.25, 0.3) is 5.69 Å². The van der Waals surface area contributed by atoms with Gasteiger partial charge in [-0.2, -0.15) is 0 Å². The van der Waals surface area contributed by atoms with Gasteiger partial charge in [-0.1, -0.05) is 24.3 Å². The van der Waals surface area contributed by atoms with Crippen LogP contribution in [0, 0.1) is 0 Å². The highest BCUT2D eigenvalue weighted by Crippen LogP contribution is 2.36. The minimum atomic E-state index is 0.136. The first-order valence-corrected chi connectivity index (χ1v) is 10.4. The smallest absolute Gasteiger partial charge is 0.213 e. The second kappa shape index (κ2) is 7.95. The highest BCUT2D eigenvalue weighted by molar-refractivity contribution is 5.45. The molecule has 1 unspecified atom stereocenters. The molecule has 1 aromatic carbocycles. The van der Waals surface area contributed by atoms with Gasteiger partial charge in [0.25, 0.3) is 0 Å². The summed E-state index contributed by atoms with van der Waals surface area (Å²) in [7, 11) is 1.78. The topological polar surface area (TPSA) is 62.1 Å². The van der Waals surface area contributed by atoms with E-state index >= 15 is 0 Å². The molecule has 0 amide bonds. The van der Waals surface area contributed by atoms with Crippen LogP contribution in [0.3, 0.4) is 0 Å². The van der Waals surface area contributed by atoms with Crippen molar-refractivity contribution in [3.63, 3.8) is 0 Å². The van der Waals surface area contributed by atoms with Crippen molar-refractivity contribution in [1.82, 2.24) is 19.7 Å². The Balaban J connectivity index is 1.37. The van der Waals surface area contributed by atoms with Gasteiger partial charge in [-0.05, 0) is 43.4 Å². The van der Waals surface area contributed by atoms with Crippen molar-refractivity contribution < 1.29 is 9.47 Å². The minimum Gasteiger partial charge on any atom is -0.474 e. The molecule has 6 nitrogen and oxygen atoms in total. The Kier molecular flexibility index (Phi) is 5.02. The normalized spacial score (nSPS) is 23.7. The summed E-state index contributed by atoms with van der Waals surface area (Å²) in [6.45, 7) is 0. The maximum atomic E-state index is 6.07. The molecule has 3 aromatic rings. The first-order valence-electron chi connectivity index (χ1n) is 10.4. The van der Waals surface area contributed by atoms with Crippen molar-refractivity contribution in [2.75, 3.05) is 7.11 Å². The molecule has 1 aliphatic heterocycles. The summed E-state index contributed by atoms with van der Waals surface area (Å²) in [6.07, 6.45) is 7.93. The van der Waals surface area contributed by atoms with Gasteiger partial charge in [0.1, 0.15) is 17.8 Å². The van der Waals surface area contributed by atoms with E-state index in [0.29, 0.717) is 11.8 Å². The fourth-order valence-corrected chi connectivity index (χ4v) is 4.61. The van der Waals surface area contributed by atoms with E-state index in [4.69, 9.17) is 9.47 Å². The molecule has 1 saturated carbocycles. The third kappa shape index (κ3) is 3.65. The van der Waals surface area contributed by atoms with Crippen molar-refractivity contribution in [2.45, 2.75) is 56.7 Å². The summed E-state index contributed by atoms with van der Waals surface area (Å²) < 4.78 is 14.1. The number of para-hydroxylation sites is 1. The molecule has 5 rings (SSSR count). The summed E-state index contributed by atoms with van der Waals surface area (Å²) in [5.74, 6) is 3.20. The highest BCUT2D eigenvalue weighted by Gasteiger charge is 2.31. The van der Waals surface area contributed by atoms with E-state index in [0.717, 1.165) is 50.2 Å². The molecule has 1 fully saturated rings. The molecule has 6 heteroatoms. The predicted molar refractivity (Wildman–Crippen MR) is 109 cm³/mol. The monoisotopic (exact) mass is 390 g/mol. The number of aromatic nitrogens is 4. The fraction of sp³-hybridized carbons (Fsp3) is 0.435. The van der Waals surface area contributed by atoms with Gasteiger partial charge in [0, 0.05) is 38.1 Å². The lowest BCUT2D eigenvalue weighted by molar-refractivity contribution is 0.103. The zero-order chi connectivity index (χ0) is 19.6. The Hall–Kier alpha value is -2.73. The summed E-state index contributed by atoms with van der Waals surface area (Å²) in [4.78, 5) is 4.29. The van der Waals surface area contributed by atoms with Crippen LogP contribution in [-0.2, 0) is 17.6 Å². The van der Waals surface area contributed by atoms with Crippen LogP contribution in [-0.4, -0.2) is 39.1 Å². The Labute approximate surface area is 170 Å². The molecule has 0 radical (unpaired) electrons. The molecule has 2 aromatic heterocycles. The third-order valence-electron chi connectivity index (χ3n) is 6.14. The lowest BCUT2D eigenvalue weighted by atomic mass is 9.86. The van der Waals surface area contributed by atoms with Gasteiger partial charge in [0.05, 0.1) is 11.8 Å². The number of benzene rings is 1. The molecule has 3 heterocycles. The molecule has 2 aliphatic rings. The number of nitrogens with zero attached hydrogens (tertiary/aromatic N) is 4. The maximum Gasteiger partial charge on any atom is 0.213 e. The maximum absolute atomic E-state index is 6.07. The Morgan fingerprint density at radius 2 is 1.72 bits per heavy atom. The molecule has 29 heavy (non-hydrogen) atoms. The van der Waals surface area contributed by atoms with Gasteiger partial charge < -0.3 is 9.47 Å². The van der Waals surface area contributed by atoms with Crippen LogP contribution in [0.15, 0.2) is 48.7 Å². The standard InChI is InChI=1S/C23H26N4O2/c1-28-19-14-17-6-2-3-7-20(17)27-21(15-19)25-26-23(27)16-9-11-18(12-10-16)29-22-8-4-5-13-24-22/h2-8,13,16,18-19H,9-12,14-15H2,1H3. The van der Waals surface area contributed by atoms with Crippen LogP contribution in [0.4, 0.5) is 0 Å². The lowest BCUT2D eigenvalue weighted by Crippen LogP contribution is -2.25. The fourth-order valence-electron chi connectivity index (χ4n) is 4.61. The zero-order valence-electron chi connectivity index (χ0n) is 16.7. The predicted octanol–water partition coefficient (Wildman–Crippen LogP) is 3.88. The third-order valence-corrected chi connectivity index (χ3v) is 6.14. The summed E-state index contributed by atoms with van der Waals surface area (Å²) >= 11 is 0. The zero-order valence-corrected chi connectivity index (χ0v) is 16.7. The van der Waals surface area contributed by atoms with Crippen molar-refractivity contribution in [3.8, 4) is 11.6 Å². The van der Waals surface area contributed by atoms with E-state index in [9.17, 15) is 0 Å². The van der Waals surface area contributed by atoms with Crippen molar-refractivity contribution >= 4 is 0 Å². The molecule has 1 aliphatic carbocycles. The van der Waals surface area contributed by atoms with E-state index in [2.05, 4.69) is 44.0 Å². The van der Waals surface area contributed by atoms with Crippen LogP contribution >= 0.6 is 0 Å². The van der Waals surface area contributed by atoms with Crippen LogP contribution in [0.2, 0.25) is 0 Å². The lowest BCUT2D eigenvalue weighted by Gasteiger charge is -2.28. The molecular weight excluding hydrogens is 364 g/mol. The van der Waals surface area contributed by atoms with Crippen molar-refractivity contribution in [3.05, 3.63) is 65.9 Å². The van der Waals surface area contributed by atoms with Gasteiger partial charge in [0.2, 0.25) is 5.88 Å². The van der Waals surface area contributed by atoms with E-state index in [1.165, 1.54) is 11.3 Å². The highest BCUT2D eigenvalue weighted by atomic mass is 16.5. The van der Waals surface area contributed by atoms with Gasteiger partial charge in [-0.3, -0.25) is 4.57 Å². The molecule has 1 atom stereocenters. The second-order valence-corrected chi connectivity index (χ2v) is 7.96. The molecule has 0 spiro atoms. The van der Waals surface area contributed by atoms with Crippen molar-refractivity contribution in [1.29, 1.82) is 0 Å². The second-order valence-electron chi connectivity index (χ2n) is 7.96. The van der Waals surface area contributed by atoms with E-state index < -0.39 is 0 Å². The molecule has 0 N–H and O–H groups in total. The van der Waals surface area contributed by atoms with Gasteiger partial charge >= 0.3 is 0 Å². The Morgan fingerprint density at radius 1 is 0.897 bits per heavy atom. The van der Waals surface area contributed by atoms with Gasteiger partial charge in [0.15, 0.2) is 0 Å². The number of pyridine rings is 1. The van der Waals surface area contributed by atoms with Crippen LogP contribution < -0.4 is 4.74 Å².